The SMILES string of the molecule is Cc1cccc(N2CCN(CCCCNC(=O)COc3ccc(C)c(C)c3)CC2)c1. The van der Waals surface area contributed by atoms with Crippen molar-refractivity contribution in [1.29, 1.82) is 0 Å². The molecular weight excluding hydrogens is 374 g/mol. The lowest BCUT2D eigenvalue weighted by Crippen LogP contribution is -2.46. The van der Waals surface area contributed by atoms with E-state index < -0.39 is 0 Å². The summed E-state index contributed by atoms with van der Waals surface area (Å²) in [6, 6.07) is 14.7. The van der Waals surface area contributed by atoms with E-state index in [1.54, 1.807) is 0 Å². The van der Waals surface area contributed by atoms with Gasteiger partial charge in [-0.3, -0.25) is 9.69 Å². The molecule has 0 aliphatic carbocycles. The Morgan fingerprint density at radius 3 is 2.50 bits per heavy atom. The van der Waals surface area contributed by atoms with Crippen LogP contribution in [-0.4, -0.2) is 56.7 Å². The van der Waals surface area contributed by atoms with Gasteiger partial charge in [-0.2, -0.15) is 0 Å². The minimum atomic E-state index is -0.0556. The Kier molecular flexibility index (Phi) is 8.14. The van der Waals surface area contributed by atoms with Crippen LogP contribution in [0.4, 0.5) is 5.69 Å². The lowest BCUT2D eigenvalue weighted by molar-refractivity contribution is -0.123. The fraction of sp³-hybridized carbons (Fsp3) is 0.480. The molecule has 2 aromatic rings. The number of carbonyl (C=O) groups is 1. The molecule has 1 aliphatic rings. The van der Waals surface area contributed by atoms with E-state index in [1.807, 2.05) is 25.1 Å². The van der Waals surface area contributed by atoms with Gasteiger partial charge < -0.3 is 15.0 Å². The fourth-order valence-corrected chi connectivity index (χ4v) is 3.75. The molecular formula is C25H35N3O2. The summed E-state index contributed by atoms with van der Waals surface area (Å²) < 4.78 is 5.58. The number of anilines is 1. The summed E-state index contributed by atoms with van der Waals surface area (Å²) in [6.45, 7) is 12.5. The predicted molar refractivity (Wildman–Crippen MR) is 123 cm³/mol. The van der Waals surface area contributed by atoms with Gasteiger partial charge >= 0.3 is 0 Å². The Labute approximate surface area is 181 Å². The first-order valence-corrected chi connectivity index (χ1v) is 11.0. The summed E-state index contributed by atoms with van der Waals surface area (Å²) in [6.07, 6.45) is 2.09. The number of hydrogen-bond donors (Lipinski definition) is 1. The summed E-state index contributed by atoms with van der Waals surface area (Å²) in [5, 5.41) is 2.96. The van der Waals surface area contributed by atoms with Crippen molar-refractivity contribution in [3.8, 4) is 5.75 Å². The molecule has 0 unspecified atom stereocenters. The van der Waals surface area contributed by atoms with Gasteiger partial charge in [0.25, 0.3) is 5.91 Å². The van der Waals surface area contributed by atoms with Crippen LogP contribution in [0.3, 0.4) is 0 Å². The van der Waals surface area contributed by atoms with E-state index in [2.05, 4.69) is 53.2 Å². The Morgan fingerprint density at radius 1 is 0.967 bits per heavy atom. The molecule has 0 radical (unpaired) electrons. The first kappa shape index (κ1) is 22.2. The van der Waals surface area contributed by atoms with Gasteiger partial charge in [0, 0.05) is 38.4 Å². The van der Waals surface area contributed by atoms with Crippen molar-refractivity contribution in [2.75, 3.05) is 50.8 Å². The molecule has 0 bridgehead atoms. The van der Waals surface area contributed by atoms with E-state index in [9.17, 15) is 4.79 Å². The molecule has 0 spiro atoms. The number of nitrogens with one attached hydrogen (secondary N) is 1. The molecule has 5 nitrogen and oxygen atoms in total. The quantitative estimate of drug-likeness (QED) is 0.642. The molecule has 162 valence electrons. The van der Waals surface area contributed by atoms with Crippen LogP contribution in [0.25, 0.3) is 0 Å². The van der Waals surface area contributed by atoms with Gasteiger partial charge in [-0.05, 0) is 81.1 Å². The Balaban J connectivity index is 1.25. The highest BCUT2D eigenvalue weighted by molar-refractivity contribution is 5.77. The molecule has 0 atom stereocenters. The molecule has 1 heterocycles. The first-order valence-electron chi connectivity index (χ1n) is 11.0. The first-order chi connectivity index (χ1) is 14.5. The highest BCUT2D eigenvalue weighted by Gasteiger charge is 2.16. The largest absolute Gasteiger partial charge is 0.484 e. The average molecular weight is 410 g/mol. The maximum Gasteiger partial charge on any atom is 0.257 e. The van der Waals surface area contributed by atoms with E-state index in [-0.39, 0.29) is 12.5 Å². The second-order valence-electron chi connectivity index (χ2n) is 8.26. The summed E-state index contributed by atoms with van der Waals surface area (Å²) in [5.41, 5.74) is 5.05. The van der Waals surface area contributed by atoms with Gasteiger partial charge in [0.1, 0.15) is 5.75 Å². The summed E-state index contributed by atoms with van der Waals surface area (Å²) >= 11 is 0. The molecule has 3 rings (SSSR count). The third-order valence-electron chi connectivity index (χ3n) is 5.81. The van der Waals surface area contributed by atoms with Crippen molar-refractivity contribution >= 4 is 11.6 Å². The van der Waals surface area contributed by atoms with Crippen molar-refractivity contribution in [1.82, 2.24) is 10.2 Å². The molecule has 2 aromatic carbocycles. The van der Waals surface area contributed by atoms with Crippen LogP contribution in [0.5, 0.6) is 5.75 Å². The highest BCUT2D eigenvalue weighted by Crippen LogP contribution is 2.18. The van der Waals surface area contributed by atoms with Crippen LogP contribution in [0.2, 0.25) is 0 Å². The maximum absolute atomic E-state index is 12.0. The maximum atomic E-state index is 12.0. The minimum absolute atomic E-state index is 0.0556. The normalized spacial score (nSPS) is 14.6. The number of hydrogen-bond acceptors (Lipinski definition) is 4. The molecule has 0 saturated carbocycles. The molecule has 1 saturated heterocycles. The zero-order chi connectivity index (χ0) is 21.3. The number of aryl methyl sites for hydroxylation is 3. The Morgan fingerprint density at radius 2 is 1.77 bits per heavy atom. The predicted octanol–water partition coefficient (Wildman–Crippen LogP) is 3.71. The van der Waals surface area contributed by atoms with Gasteiger partial charge in [0.15, 0.2) is 6.61 Å². The summed E-state index contributed by atoms with van der Waals surface area (Å²) in [7, 11) is 0. The van der Waals surface area contributed by atoms with E-state index in [0.29, 0.717) is 6.54 Å². The van der Waals surface area contributed by atoms with E-state index in [0.717, 1.165) is 51.3 Å². The van der Waals surface area contributed by atoms with Crippen molar-refractivity contribution in [3.63, 3.8) is 0 Å². The number of nitrogens with zero attached hydrogens (tertiary/aromatic N) is 2. The third kappa shape index (κ3) is 6.77. The number of amides is 1. The number of carbonyl (C=O) groups excluding carboxylic acids is 1. The Bertz CT molecular complexity index is 829. The number of benzene rings is 2. The van der Waals surface area contributed by atoms with E-state index in [1.165, 1.54) is 22.4 Å². The number of ether oxygens (including phenoxy) is 1. The van der Waals surface area contributed by atoms with Gasteiger partial charge in [0.2, 0.25) is 0 Å². The zero-order valence-electron chi connectivity index (χ0n) is 18.6. The van der Waals surface area contributed by atoms with Crippen LogP contribution >= 0.6 is 0 Å². The van der Waals surface area contributed by atoms with Crippen molar-refractivity contribution < 1.29 is 9.53 Å². The smallest absolute Gasteiger partial charge is 0.257 e. The van der Waals surface area contributed by atoms with Crippen LogP contribution in [-0.2, 0) is 4.79 Å². The monoisotopic (exact) mass is 409 g/mol. The highest BCUT2D eigenvalue weighted by atomic mass is 16.5. The van der Waals surface area contributed by atoms with Crippen LogP contribution < -0.4 is 15.0 Å². The molecule has 5 heteroatoms. The average Bonchev–Trinajstić information content (AvgIpc) is 2.75. The molecule has 1 fully saturated rings. The van der Waals surface area contributed by atoms with Crippen molar-refractivity contribution in [2.45, 2.75) is 33.6 Å². The molecule has 1 N–H and O–H groups in total. The van der Waals surface area contributed by atoms with Crippen LogP contribution in [0.15, 0.2) is 42.5 Å². The molecule has 0 aromatic heterocycles. The third-order valence-corrected chi connectivity index (χ3v) is 5.81. The second-order valence-corrected chi connectivity index (χ2v) is 8.26. The summed E-state index contributed by atoms with van der Waals surface area (Å²) in [4.78, 5) is 17.0. The van der Waals surface area contributed by atoms with Crippen molar-refractivity contribution in [3.05, 3.63) is 59.2 Å². The topological polar surface area (TPSA) is 44.8 Å². The van der Waals surface area contributed by atoms with Crippen molar-refractivity contribution in [2.24, 2.45) is 0 Å². The fourth-order valence-electron chi connectivity index (χ4n) is 3.75. The van der Waals surface area contributed by atoms with E-state index >= 15 is 0 Å². The van der Waals surface area contributed by atoms with Gasteiger partial charge in [0.05, 0.1) is 0 Å². The number of unbranched alkanes of at least 4 members (excludes halogenated alkanes) is 1. The molecule has 1 amide bonds. The van der Waals surface area contributed by atoms with Gasteiger partial charge in [-0.1, -0.05) is 18.2 Å². The van der Waals surface area contributed by atoms with Gasteiger partial charge in [-0.15, -0.1) is 0 Å². The zero-order valence-corrected chi connectivity index (χ0v) is 18.6. The second kappa shape index (κ2) is 11.0. The molecule has 30 heavy (non-hydrogen) atoms. The lowest BCUT2D eigenvalue weighted by atomic mass is 10.1. The van der Waals surface area contributed by atoms with Gasteiger partial charge in [-0.25, -0.2) is 0 Å². The molecule has 1 aliphatic heterocycles. The van der Waals surface area contributed by atoms with Crippen LogP contribution in [0.1, 0.15) is 29.5 Å². The lowest BCUT2D eigenvalue weighted by Gasteiger charge is -2.36. The number of piperazine rings is 1. The number of rotatable bonds is 9. The standard InChI is InChI=1S/C25H35N3O2/c1-20-7-6-8-23(17-20)28-15-13-27(14-16-28)12-5-4-11-26-25(29)19-30-24-10-9-21(2)22(3)18-24/h6-10,17-18H,4-5,11-16,19H2,1-3H3,(H,26,29). The van der Waals surface area contributed by atoms with Crippen LogP contribution in [0, 0.1) is 20.8 Å². The minimum Gasteiger partial charge on any atom is -0.484 e. The summed E-state index contributed by atoms with van der Waals surface area (Å²) in [5.74, 6) is 0.693. The van der Waals surface area contributed by atoms with E-state index in [4.69, 9.17) is 4.74 Å². The Hall–Kier alpha value is -2.53.